The molecule has 0 radical (unpaired) electrons. The predicted octanol–water partition coefficient (Wildman–Crippen LogP) is 24.0. The van der Waals surface area contributed by atoms with Gasteiger partial charge in [0.25, 0.3) is 6.71 Å². The highest BCUT2D eigenvalue weighted by Crippen LogP contribution is 2.54. The summed E-state index contributed by atoms with van der Waals surface area (Å²) in [7, 11) is 0. The Balaban J connectivity index is 0.974. The molecule has 20 rings (SSSR count). The Morgan fingerprint density at radius 1 is 0.210 bits per heavy atom. The second-order valence-electron chi connectivity index (χ2n) is 26.6. The van der Waals surface area contributed by atoms with Gasteiger partial charge in [0.05, 0.1) is 28.1 Å². The first-order chi connectivity index (χ1) is 49.6. The molecule has 0 spiro atoms. The molecule has 464 valence electrons. The number of hydrogen-bond acceptors (Lipinski definition) is 2. The minimum atomic E-state index is -0.254. The van der Waals surface area contributed by atoms with E-state index < -0.39 is 0 Å². The van der Waals surface area contributed by atoms with E-state index in [-0.39, 0.29) is 6.71 Å². The van der Waals surface area contributed by atoms with Crippen molar-refractivity contribution in [1.29, 1.82) is 0 Å². The maximum atomic E-state index is 2.67. The molecule has 3 heterocycles. The Morgan fingerprint density at radius 3 is 1.11 bits per heavy atom. The van der Waals surface area contributed by atoms with E-state index in [4.69, 9.17) is 0 Å². The highest BCUT2D eigenvalue weighted by molar-refractivity contribution is 7.00. The summed E-state index contributed by atoms with van der Waals surface area (Å²) in [6, 6.07) is 141. The molecule has 0 amide bonds. The van der Waals surface area contributed by atoms with Gasteiger partial charge in [-0.25, -0.2) is 0 Å². The van der Waals surface area contributed by atoms with Crippen LogP contribution in [-0.4, -0.2) is 11.3 Å². The zero-order valence-corrected chi connectivity index (χ0v) is 54.7. The van der Waals surface area contributed by atoms with E-state index in [9.17, 15) is 0 Å². The summed E-state index contributed by atoms with van der Waals surface area (Å²) in [4.78, 5) is 5.35. The van der Waals surface area contributed by atoms with Crippen molar-refractivity contribution in [1.82, 2.24) is 4.57 Å². The van der Waals surface area contributed by atoms with Gasteiger partial charge in [-0.05, 0) is 141 Å². The number of hydrogen-bond donors (Lipinski definition) is 0. The van der Waals surface area contributed by atoms with Gasteiger partial charge in [-0.2, -0.15) is 0 Å². The molecule has 1 aromatic heterocycles. The lowest BCUT2D eigenvalue weighted by atomic mass is 9.33. The third-order valence-electron chi connectivity index (χ3n) is 21.1. The summed E-state index contributed by atoms with van der Waals surface area (Å²) in [5.41, 5.74) is 29.8. The largest absolute Gasteiger partial charge is 0.310 e. The first kappa shape index (κ1) is 57.3. The zero-order valence-electron chi connectivity index (χ0n) is 54.7. The standard InChI is InChI=1S/C96H62BN3/c1-7-27-63(28-8-1)70-50-55-89-86(59-70)97-87-60-71(64-29-9-2-10-30-64)51-56-90(87)100(95-79(67-35-15-5-16-36-67)47-26-48-80(95)68-37-17-6-18-38-68)92-62-74(61-91(93(92)97)99(89)94-77(65-31-11-3-12-32-65)45-25-46-78(94)66-33-13-4-14-34-66)98-88-54-52-73(58-85(88)83-53-49-69-39-19-22-42-76(69)96(83)98)84-57-72-40-20-21-41-75(72)81-43-23-24-44-82(81)84/h1-62H. The molecular formula is C96H62BN3. The van der Waals surface area contributed by atoms with Crippen LogP contribution in [0.25, 0.3) is 138 Å². The first-order valence-electron chi connectivity index (χ1n) is 34.7. The van der Waals surface area contributed by atoms with Crippen molar-refractivity contribution < 1.29 is 0 Å². The Kier molecular flexibility index (Phi) is 13.4. The van der Waals surface area contributed by atoms with Gasteiger partial charge in [-0.15, -0.1) is 0 Å². The molecule has 2 aliphatic heterocycles. The second-order valence-corrected chi connectivity index (χ2v) is 26.6. The lowest BCUT2D eigenvalue weighted by molar-refractivity contribution is 1.16. The van der Waals surface area contributed by atoms with E-state index in [1.807, 2.05) is 0 Å². The van der Waals surface area contributed by atoms with Gasteiger partial charge in [0, 0.05) is 61.2 Å². The molecule has 100 heavy (non-hydrogen) atoms. The smallest absolute Gasteiger partial charge is 0.252 e. The minimum Gasteiger partial charge on any atom is -0.310 e. The Bertz CT molecular complexity index is 5910. The van der Waals surface area contributed by atoms with Crippen LogP contribution in [0.4, 0.5) is 34.1 Å². The number of benzene rings is 17. The van der Waals surface area contributed by atoms with E-state index in [1.165, 1.54) is 81.7 Å². The van der Waals surface area contributed by atoms with Crippen LogP contribution in [0.15, 0.2) is 376 Å². The van der Waals surface area contributed by atoms with Gasteiger partial charge in [0.1, 0.15) is 0 Å². The van der Waals surface area contributed by atoms with Crippen LogP contribution >= 0.6 is 0 Å². The van der Waals surface area contributed by atoms with E-state index in [0.29, 0.717) is 0 Å². The van der Waals surface area contributed by atoms with Crippen LogP contribution in [0.5, 0.6) is 0 Å². The number of anilines is 6. The molecule has 17 aromatic carbocycles. The maximum Gasteiger partial charge on any atom is 0.252 e. The molecule has 0 bridgehead atoms. The highest BCUT2D eigenvalue weighted by atomic mass is 15.2. The monoisotopic (exact) mass is 1270 g/mol. The molecule has 0 saturated carbocycles. The number of para-hydroxylation sites is 2. The van der Waals surface area contributed by atoms with E-state index >= 15 is 0 Å². The summed E-state index contributed by atoms with van der Waals surface area (Å²) in [5.74, 6) is 0. The first-order valence-corrected chi connectivity index (χ1v) is 34.7. The third-order valence-corrected chi connectivity index (χ3v) is 21.1. The van der Waals surface area contributed by atoms with Gasteiger partial charge in [0.2, 0.25) is 0 Å². The van der Waals surface area contributed by atoms with Crippen LogP contribution in [0, 0.1) is 0 Å². The van der Waals surface area contributed by atoms with Gasteiger partial charge < -0.3 is 14.4 Å². The molecule has 0 saturated heterocycles. The molecule has 0 aliphatic carbocycles. The molecule has 0 unspecified atom stereocenters. The molecule has 0 fully saturated rings. The Morgan fingerprint density at radius 2 is 0.620 bits per heavy atom. The minimum absolute atomic E-state index is 0.254. The van der Waals surface area contributed by atoms with Gasteiger partial charge in [-0.3, -0.25) is 0 Å². The lowest BCUT2D eigenvalue weighted by Crippen LogP contribution is -2.61. The fourth-order valence-corrected chi connectivity index (χ4v) is 16.7. The highest BCUT2D eigenvalue weighted by Gasteiger charge is 2.46. The van der Waals surface area contributed by atoms with Crippen molar-refractivity contribution in [2.75, 3.05) is 9.80 Å². The number of aromatic nitrogens is 1. The quantitative estimate of drug-likeness (QED) is 0.0999. The molecule has 0 N–H and O–H groups in total. The van der Waals surface area contributed by atoms with Crippen molar-refractivity contribution in [3.63, 3.8) is 0 Å². The van der Waals surface area contributed by atoms with Crippen molar-refractivity contribution in [3.05, 3.63) is 376 Å². The molecule has 18 aromatic rings. The van der Waals surface area contributed by atoms with Gasteiger partial charge in [0.15, 0.2) is 0 Å². The normalized spacial score (nSPS) is 12.3. The van der Waals surface area contributed by atoms with Crippen molar-refractivity contribution in [2.24, 2.45) is 0 Å². The van der Waals surface area contributed by atoms with Crippen LogP contribution in [0.2, 0.25) is 0 Å². The zero-order chi connectivity index (χ0) is 65.8. The average Bonchev–Trinajstić information content (AvgIpc) is 0.893. The predicted molar refractivity (Wildman–Crippen MR) is 425 cm³/mol. The molecule has 3 nitrogen and oxygen atoms in total. The van der Waals surface area contributed by atoms with E-state index in [0.717, 1.165) is 106 Å². The summed E-state index contributed by atoms with van der Waals surface area (Å²) in [6.45, 7) is -0.254. The van der Waals surface area contributed by atoms with Crippen LogP contribution < -0.4 is 26.2 Å². The summed E-state index contributed by atoms with van der Waals surface area (Å²) >= 11 is 0. The van der Waals surface area contributed by atoms with Crippen LogP contribution in [0.3, 0.4) is 0 Å². The summed E-state index contributed by atoms with van der Waals surface area (Å²) in [5, 5.41) is 9.73. The SMILES string of the molecule is c1ccc(-c2ccc3c(c2)B2c4cc(-c5ccccc5)ccc4N(c4c(-c5ccccc5)cccc4-c4ccccc4)c4cc(-n5c6ccc(-c7cc8ccccc8c8ccccc78)cc6c6ccc7ccccc7c65)cc(c42)N3c2c(-c3ccccc3)cccc2-c2ccccc2)cc1. The average molecular weight is 1270 g/mol. The van der Waals surface area contributed by atoms with Crippen LogP contribution in [0.1, 0.15) is 0 Å². The summed E-state index contributed by atoms with van der Waals surface area (Å²) in [6.07, 6.45) is 0. The van der Waals surface area contributed by atoms with Crippen molar-refractivity contribution in [3.8, 4) is 83.6 Å². The number of rotatable bonds is 10. The molecular weight excluding hydrogens is 1210 g/mol. The van der Waals surface area contributed by atoms with Crippen molar-refractivity contribution >= 4 is 111 Å². The summed E-state index contributed by atoms with van der Waals surface area (Å²) < 4.78 is 2.61. The maximum absolute atomic E-state index is 2.67. The number of nitrogens with zero attached hydrogens (tertiary/aromatic N) is 3. The topological polar surface area (TPSA) is 11.4 Å². The Labute approximate surface area is 581 Å². The molecule has 2 aliphatic rings. The van der Waals surface area contributed by atoms with Crippen LogP contribution in [-0.2, 0) is 0 Å². The van der Waals surface area contributed by atoms with Crippen molar-refractivity contribution in [2.45, 2.75) is 0 Å². The number of fused-ring (bicyclic) bond motifs is 12. The Hall–Kier alpha value is -13.0. The third kappa shape index (κ3) is 9.15. The van der Waals surface area contributed by atoms with E-state index in [2.05, 4.69) is 390 Å². The fourth-order valence-electron chi connectivity index (χ4n) is 16.7. The fraction of sp³-hybridized carbons (Fsp3) is 0. The lowest BCUT2D eigenvalue weighted by Gasteiger charge is -2.46. The van der Waals surface area contributed by atoms with E-state index in [1.54, 1.807) is 0 Å². The van der Waals surface area contributed by atoms with Gasteiger partial charge in [-0.1, -0.05) is 334 Å². The second kappa shape index (κ2) is 23.4. The van der Waals surface area contributed by atoms with Gasteiger partial charge >= 0.3 is 0 Å². The molecule has 0 atom stereocenters. The molecule has 4 heteroatoms.